The first kappa shape index (κ1) is 21.2. The van der Waals surface area contributed by atoms with Gasteiger partial charge >= 0.3 is 0 Å². The highest BCUT2D eigenvalue weighted by Gasteiger charge is 2.42. The molecule has 0 saturated carbocycles. The van der Waals surface area contributed by atoms with E-state index in [1.165, 1.54) is 17.5 Å². The summed E-state index contributed by atoms with van der Waals surface area (Å²) in [7, 11) is 0. The summed E-state index contributed by atoms with van der Waals surface area (Å²) < 4.78 is 0. The lowest BCUT2D eigenvalue weighted by Gasteiger charge is -2.35. The van der Waals surface area contributed by atoms with Crippen molar-refractivity contribution in [1.82, 2.24) is 10.3 Å². The van der Waals surface area contributed by atoms with Gasteiger partial charge in [-0.1, -0.05) is 48.9 Å². The summed E-state index contributed by atoms with van der Waals surface area (Å²) >= 11 is 7.48. The number of hydrogen-bond donors (Lipinski definition) is 2. The monoisotopic (exact) mass is 453 g/mol. The normalized spacial score (nSPS) is 18.5. The van der Waals surface area contributed by atoms with Crippen molar-refractivity contribution in [2.24, 2.45) is 0 Å². The predicted molar refractivity (Wildman–Crippen MR) is 121 cm³/mol. The van der Waals surface area contributed by atoms with Crippen LogP contribution >= 0.6 is 22.9 Å². The number of rotatable bonds is 5. The number of aromatic nitrogens is 1. The van der Waals surface area contributed by atoms with E-state index in [0.717, 1.165) is 11.1 Å². The molecule has 0 spiro atoms. The highest BCUT2D eigenvalue weighted by atomic mass is 35.5. The molecule has 0 bridgehead atoms. The summed E-state index contributed by atoms with van der Waals surface area (Å²) in [6.07, 6.45) is 2.91. The van der Waals surface area contributed by atoms with E-state index in [4.69, 9.17) is 11.6 Å². The SMILES string of the molecule is CCC1(c2ccc(NC(=O)c3cnc(-c4ccccc4Cl)s3)cc2)CCC(=O)NC1=O. The Bertz CT molecular complexity index is 1160. The van der Waals surface area contributed by atoms with Gasteiger partial charge in [-0.3, -0.25) is 19.7 Å². The number of nitrogens with one attached hydrogen (secondary N) is 2. The van der Waals surface area contributed by atoms with Gasteiger partial charge in [-0.2, -0.15) is 0 Å². The molecule has 8 heteroatoms. The van der Waals surface area contributed by atoms with Gasteiger partial charge in [0.25, 0.3) is 5.91 Å². The largest absolute Gasteiger partial charge is 0.321 e. The van der Waals surface area contributed by atoms with E-state index < -0.39 is 5.41 Å². The lowest BCUT2D eigenvalue weighted by atomic mass is 9.72. The zero-order valence-corrected chi connectivity index (χ0v) is 18.3. The maximum atomic E-state index is 12.7. The maximum Gasteiger partial charge on any atom is 0.267 e. The molecule has 0 radical (unpaired) electrons. The molecule has 2 aromatic carbocycles. The van der Waals surface area contributed by atoms with E-state index >= 15 is 0 Å². The Morgan fingerprint density at radius 1 is 1.19 bits per heavy atom. The Kier molecular flexibility index (Phi) is 5.89. The third-order valence-corrected chi connectivity index (χ3v) is 6.96. The van der Waals surface area contributed by atoms with E-state index in [1.54, 1.807) is 18.2 Å². The average molecular weight is 454 g/mol. The van der Waals surface area contributed by atoms with Crippen LogP contribution in [0.25, 0.3) is 10.6 Å². The van der Waals surface area contributed by atoms with Gasteiger partial charge in [0.1, 0.15) is 9.88 Å². The predicted octanol–water partition coefficient (Wildman–Crippen LogP) is 4.80. The molecule has 1 aromatic heterocycles. The molecular weight excluding hydrogens is 434 g/mol. The van der Waals surface area contributed by atoms with Crippen molar-refractivity contribution >= 4 is 46.3 Å². The summed E-state index contributed by atoms with van der Waals surface area (Å²) in [5, 5.41) is 6.56. The van der Waals surface area contributed by atoms with Crippen LogP contribution in [0.5, 0.6) is 0 Å². The van der Waals surface area contributed by atoms with Gasteiger partial charge in [-0.25, -0.2) is 4.98 Å². The first-order valence-corrected chi connectivity index (χ1v) is 11.1. The van der Waals surface area contributed by atoms with Gasteiger partial charge in [-0.05, 0) is 36.6 Å². The van der Waals surface area contributed by atoms with Gasteiger partial charge in [0.2, 0.25) is 11.8 Å². The number of thiazole rings is 1. The van der Waals surface area contributed by atoms with Crippen LogP contribution in [0.3, 0.4) is 0 Å². The fourth-order valence-corrected chi connectivity index (χ4v) is 4.90. The lowest BCUT2D eigenvalue weighted by Crippen LogP contribution is -2.51. The molecule has 2 N–H and O–H groups in total. The van der Waals surface area contributed by atoms with Crippen LogP contribution in [-0.4, -0.2) is 22.7 Å². The van der Waals surface area contributed by atoms with Gasteiger partial charge < -0.3 is 5.32 Å². The molecule has 2 heterocycles. The van der Waals surface area contributed by atoms with Gasteiger partial charge in [-0.15, -0.1) is 11.3 Å². The second-order valence-electron chi connectivity index (χ2n) is 7.35. The van der Waals surface area contributed by atoms with Crippen LogP contribution < -0.4 is 10.6 Å². The van der Waals surface area contributed by atoms with Crippen LogP contribution in [0.1, 0.15) is 41.4 Å². The van der Waals surface area contributed by atoms with Crippen molar-refractivity contribution in [2.45, 2.75) is 31.6 Å². The molecular formula is C23H20ClN3O3S. The minimum absolute atomic E-state index is 0.237. The van der Waals surface area contributed by atoms with Crippen molar-refractivity contribution in [3.05, 3.63) is 70.2 Å². The van der Waals surface area contributed by atoms with Crippen LogP contribution in [0.15, 0.2) is 54.7 Å². The lowest BCUT2D eigenvalue weighted by molar-refractivity contribution is -0.138. The number of hydrogen-bond acceptors (Lipinski definition) is 5. The van der Waals surface area contributed by atoms with Crippen molar-refractivity contribution in [3.8, 4) is 10.6 Å². The van der Waals surface area contributed by atoms with Crippen LogP contribution in [-0.2, 0) is 15.0 Å². The second-order valence-corrected chi connectivity index (χ2v) is 8.79. The number of carbonyl (C=O) groups excluding carboxylic acids is 3. The first-order chi connectivity index (χ1) is 14.9. The standard InChI is InChI=1S/C23H20ClN3O3S/c1-2-23(12-11-19(28)27-22(23)30)14-7-9-15(10-8-14)26-20(29)18-13-25-21(31-18)16-5-3-4-6-17(16)24/h3-10,13H,2,11-12H2,1H3,(H,26,29)(H,27,28,30). The van der Waals surface area contributed by atoms with Crippen LogP contribution in [0.2, 0.25) is 5.02 Å². The number of nitrogens with zero attached hydrogens (tertiary/aromatic N) is 1. The van der Waals surface area contributed by atoms with E-state index in [9.17, 15) is 14.4 Å². The number of halogens is 1. The van der Waals surface area contributed by atoms with E-state index in [0.29, 0.717) is 39.9 Å². The van der Waals surface area contributed by atoms with Crippen molar-refractivity contribution in [2.75, 3.05) is 5.32 Å². The Hall–Kier alpha value is -3.03. The molecule has 1 saturated heterocycles. The minimum Gasteiger partial charge on any atom is -0.321 e. The molecule has 3 aromatic rings. The molecule has 3 amide bonds. The van der Waals surface area contributed by atoms with Gasteiger partial charge in [0.15, 0.2) is 0 Å². The molecule has 31 heavy (non-hydrogen) atoms. The Morgan fingerprint density at radius 2 is 1.94 bits per heavy atom. The summed E-state index contributed by atoms with van der Waals surface area (Å²) in [5.41, 5.74) is 1.50. The van der Waals surface area contributed by atoms with Gasteiger partial charge in [0, 0.05) is 17.7 Å². The summed E-state index contributed by atoms with van der Waals surface area (Å²) in [5.74, 6) is -0.770. The summed E-state index contributed by atoms with van der Waals surface area (Å²) in [6.45, 7) is 1.94. The molecule has 1 atom stereocenters. The van der Waals surface area contributed by atoms with E-state index in [-0.39, 0.29) is 17.7 Å². The fraction of sp³-hybridized carbons (Fsp3) is 0.217. The number of amides is 3. The Morgan fingerprint density at radius 3 is 2.61 bits per heavy atom. The average Bonchev–Trinajstić information content (AvgIpc) is 3.25. The van der Waals surface area contributed by atoms with Crippen LogP contribution in [0, 0.1) is 0 Å². The number of benzene rings is 2. The van der Waals surface area contributed by atoms with Crippen LogP contribution in [0.4, 0.5) is 5.69 Å². The molecule has 1 fully saturated rings. The molecule has 1 aliphatic rings. The third kappa shape index (κ3) is 4.11. The summed E-state index contributed by atoms with van der Waals surface area (Å²) in [6, 6.07) is 14.6. The van der Waals surface area contributed by atoms with Crippen molar-refractivity contribution in [1.29, 1.82) is 0 Å². The highest BCUT2D eigenvalue weighted by Crippen LogP contribution is 2.36. The highest BCUT2D eigenvalue weighted by molar-refractivity contribution is 7.17. The number of anilines is 1. The minimum atomic E-state index is -0.724. The molecule has 6 nitrogen and oxygen atoms in total. The quantitative estimate of drug-likeness (QED) is 0.543. The van der Waals surface area contributed by atoms with E-state index in [2.05, 4.69) is 15.6 Å². The molecule has 0 aliphatic carbocycles. The van der Waals surface area contributed by atoms with E-state index in [1.807, 2.05) is 37.3 Å². The van der Waals surface area contributed by atoms with Gasteiger partial charge in [0.05, 0.1) is 16.6 Å². The molecule has 4 rings (SSSR count). The first-order valence-electron chi connectivity index (χ1n) is 9.90. The third-order valence-electron chi connectivity index (χ3n) is 5.60. The zero-order chi connectivity index (χ0) is 22.0. The molecule has 1 aliphatic heterocycles. The maximum absolute atomic E-state index is 12.7. The topological polar surface area (TPSA) is 88.2 Å². The Labute approximate surface area is 188 Å². The number of carbonyl (C=O) groups is 3. The number of piperidine rings is 1. The smallest absolute Gasteiger partial charge is 0.267 e. The summed E-state index contributed by atoms with van der Waals surface area (Å²) in [4.78, 5) is 41.5. The van der Waals surface area contributed by atoms with Crippen molar-refractivity contribution in [3.63, 3.8) is 0 Å². The molecule has 1 unspecified atom stereocenters. The number of imide groups is 1. The Balaban J connectivity index is 1.50. The fourth-order valence-electron chi connectivity index (χ4n) is 3.77. The zero-order valence-electron chi connectivity index (χ0n) is 16.8. The van der Waals surface area contributed by atoms with Crippen molar-refractivity contribution < 1.29 is 14.4 Å². The second kappa shape index (κ2) is 8.61. The molecule has 158 valence electrons.